The zero-order valence-electron chi connectivity index (χ0n) is 13.2. The molecule has 0 amide bonds. The summed E-state index contributed by atoms with van der Waals surface area (Å²) in [6.45, 7) is 6.60. The Morgan fingerprint density at radius 1 is 1.33 bits per heavy atom. The van der Waals surface area contributed by atoms with E-state index < -0.39 is 0 Å². The van der Waals surface area contributed by atoms with E-state index in [0.29, 0.717) is 11.9 Å². The first-order chi connectivity index (χ1) is 10.1. The summed E-state index contributed by atoms with van der Waals surface area (Å²) in [4.78, 5) is 11.2. The van der Waals surface area contributed by atoms with Gasteiger partial charge in [0.1, 0.15) is 11.3 Å². The highest BCUT2D eigenvalue weighted by atomic mass is 35.5. The molecule has 0 bridgehead atoms. The number of hydrogen-bond acceptors (Lipinski definition) is 3. The predicted molar refractivity (Wildman–Crippen MR) is 89.0 cm³/mol. The quantitative estimate of drug-likeness (QED) is 0.554. The van der Waals surface area contributed by atoms with E-state index in [1.54, 1.807) is 0 Å². The van der Waals surface area contributed by atoms with Gasteiger partial charge in [-0.15, -0.1) is 11.6 Å². The van der Waals surface area contributed by atoms with Gasteiger partial charge in [-0.1, -0.05) is 0 Å². The Labute approximate surface area is 132 Å². The van der Waals surface area contributed by atoms with Crippen molar-refractivity contribution in [3.05, 3.63) is 24.3 Å². The molecule has 116 valence electrons. The predicted octanol–water partition coefficient (Wildman–Crippen LogP) is 3.33. The van der Waals surface area contributed by atoms with E-state index >= 15 is 0 Å². The van der Waals surface area contributed by atoms with Gasteiger partial charge in [0.2, 0.25) is 0 Å². The molecule has 5 heteroatoms. The summed E-state index contributed by atoms with van der Waals surface area (Å²) in [5, 5.41) is 0. The molecule has 0 saturated carbocycles. The van der Waals surface area contributed by atoms with Crippen LogP contribution >= 0.6 is 11.6 Å². The Morgan fingerprint density at radius 2 is 2.14 bits per heavy atom. The molecule has 0 radical (unpaired) electrons. The van der Waals surface area contributed by atoms with E-state index in [1.165, 1.54) is 11.9 Å². The van der Waals surface area contributed by atoms with E-state index in [0.717, 1.165) is 37.3 Å². The van der Waals surface area contributed by atoms with E-state index in [4.69, 9.17) is 11.6 Å². The van der Waals surface area contributed by atoms with Crippen molar-refractivity contribution in [1.82, 2.24) is 19.4 Å². The minimum atomic E-state index is 0.604. The van der Waals surface area contributed by atoms with Gasteiger partial charge < -0.3 is 9.47 Å². The molecule has 21 heavy (non-hydrogen) atoms. The highest BCUT2D eigenvalue weighted by Gasteiger charge is 2.10. The largest absolute Gasteiger partial charge is 0.328 e. The van der Waals surface area contributed by atoms with Crippen molar-refractivity contribution < 1.29 is 0 Å². The zero-order chi connectivity index (χ0) is 15.2. The number of aromatic nitrogens is 3. The highest BCUT2D eigenvalue weighted by Crippen LogP contribution is 2.17. The number of rotatable bonds is 8. The van der Waals surface area contributed by atoms with Gasteiger partial charge in [-0.3, -0.25) is 4.98 Å². The van der Waals surface area contributed by atoms with Crippen LogP contribution in [-0.4, -0.2) is 44.9 Å². The van der Waals surface area contributed by atoms with Gasteiger partial charge in [0, 0.05) is 31.1 Å². The summed E-state index contributed by atoms with van der Waals surface area (Å²) in [5.41, 5.74) is 2.14. The molecular weight excluding hydrogens is 284 g/mol. The Morgan fingerprint density at radius 3 is 2.86 bits per heavy atom. The summed E-state index contributed by atoms with van der Waals surface area (Å²) in [6.07, 6.45) is 6.82. The minimum absolute atomic E-state index is 0.604. The third kappa shape index (κ3) is 4.17. The number of unbranched alkanes of at least 4 members (excludes halogenated alkanes) is 1. The summed E-state index contributed by atoms with van der Waals surface area (Å²) < 4.78 is 2.30. The van der Waals surface area contributed by atoms with Crippen LogP contribution in [0.2, 0.25) is 0 Å². The number of fused-ring (bicyclic) bond motifs is 1. The molecule has 2 aromatic heterocycles. The first-order valence-electron chi connectivity index (χ1n) is 7.68. The van der Waals surface area contributed by atoms with E-state index in [-0.39, 0.29) is 0 Å². The van der Waals surface area contributed by atoms with E-state index in [9.17, 15) is 0 Å². The van der Waals surface area contributed by atoms with Crippen LogP contribution in [0.1, 0.15) is 32.5 Å². The van der Waals surface area contributed by atoms with Gasteiger partial charge in [-0.2, -0.15) is 0 Å². The van der Waals surface area contributed by atoms with Gasteiger partial charge in [-0.05, 0) is 46.3 Å². The van der Waals surface area contributed by atoms with Gasteiger partial charge >= 0.3 is 0 Å². The molecule has 4 nitrogen and oxygen atoms in total. The lowest BCUT2D eigenvalue weighted by Gasteiger charge is -2.20. The van der Waals surface area contributed by atoms with Crippen molar-refractivity contribution in [3.63, 3.8) is 0 Å². The Kier molecular flexibility index (Phi) is 6.00. The molecule has 0 fully saturated rings. The Balaban J connectivity index is 2.01. The third-order valence-electron chi connectivity index (χ3n) is 3.97. The van der Waals surface area contributed by atoms with Gasteiger partial charge in [0.05, 0.1) is 11.7 Å². The standard InChI is InChI=1S/C16H25ClN4/c1-13(2)20(3)10-4-5-11-21-15-7-9-18-12-14(15)19-16(21)6-8-17/h7,9,12-13H,4-6,8,10-11H2,1-3H3. The summed E-state index contributed by atoms with van der Waals surface area (Å²) >= 11 is 5.90. The second-order valence-electron chi connectivity index (χ2n) is 5.76. The van der Waals surface area contributed by atoms with E-state index in [1.807, 2.05) is 18.5 Å². The van der Waals surface area contributed by atoms with Gasteiger partial charge in [0.25, 0.3) is 0 Å². The highest BCUT2D eigenvalue weighted by molar-refractivity contribution is 6.17. The molecule has 2 heterocycles. The fourth-order valence-electron chi connectivity index (χ4n) is 2.45. The lowest BCUT2D eigenvalue weighted by molar-refractivity contribution is 0.266. The summed E-state index contributed by atoms with van der Waals surface area (Å²) in [7, 11) is 2.18. The normalized spacial score (nSPS) is 11.9. The number of halogens is 1. The monoisotopic (exact) mass is 308 g/mol. The average Bonchev–Trinajstić information content (AvgIpc) is 2.81. The number of nitrogens with zero attached hydrogens (tertiary/aromatic N) is 4. The first-order valence-corrected chi connectivity index (χ1v) is 8.22. The van der Waals surface area contributed by atoms with Crippen molar-refractivity contribution in [2.75, 3.05) is 19.5 Å². The molecule has 2 rings (SSSR count). The molecule has 0 aromatic carbocycles. The van der Waals surface area contributed by atoms with Crippen LogP contribution in [0.3, 0.4) is 0 Å². The number of hydrogen-bond donors (Lipinski definition) is 0. The summed E-state index contributed by atoms with van der Waals surface area (Å²) in [5.74, 6) is 1.68. The van der Waals surface area contributed by atoms with Crippen molar-refractivity contribution in [3.8, 4) is 0 Å². The molecule has 2 aromatic rings. The minimum Gasteiger partial charge on any atom is -0.328 e. The number of aryl methyl sites for hydroxylation is 2. The molecule has 0 unspecified atom stereocenters. The summed E-state index contributed by atoms with van der Waals surface area (Å²) in [6, 6.07) is 2.65. The second kappa shape index (κ2) is 7.76. The molecule has 0 saturated heterocycles. The fraction of sp³-hybridized carbons (Fsp3) is 0.625. The van der Waals surface area contributed by atoms with E-state index in [2.05, 4.69) is 40.3 Å². The zero-order valence-corrected chi connectivity index (χ0v) is 14.0. The molecule has 0 spiro atoms. The lowest BCUT2D eigenvalue weighted by Crippen LogP contribution is -2.27. The van der Waals surface area contributed by atoms with Crippen molar-refractivity contribution >= 4 is 22.6 Å². The molecule has 0 aliphatic heterocycles. The number of imidazole rings is 1. The first kappa shape index (κ1) is 16.2. The van der Waals surface area contributed by atoms with Crippen molar-refractivity contribution in [2.24, 2.45) is 0 Å². The maximum absolute atomic E-state index is 5.90. The van der Waals surface area contributed by atoms with Crippen LogP contribution in [0.25, 0.3) is 11.0 Å². The van der Waals surface area contributed by atoms with Crippen LogP contribution < -0.4 is 0 Å². The maximum atomic E-state index is 5.90. The van der Waals surface area contributed by atoms with Gasteiger partial charge in [0.15, 0.2) is 0 Å². The van der Waals surface area contributed by atoms with Crippen LogP contribution in [-0.2, 0) is 13.0 Å². The molecule has 0 aliphatic rings. The fourth-order valence-corrected chi connectivity index (χ4v) is 2.61. The van der Waals surface area contributed by atoms with Crippen LogP contribution in [0, 0.1) is 0 Å². The number of alkyl halides is 1. The number of pyridine rings is 1. The maximum Gasteiger partial charge on any atom is 0.111 e. The molecule has 0 atom stereocenters. The SMILES string of the molecule is CC(C)N(C)CCCCn1c(CCCl)nc2cnccc21. The lowest BCUT2D eigenvalue weighted by atomic mass is 10.2. The van der Waals surface area contributed by atoms with Crippen molar-refractivity contribution in [1.29, 1.82) is 0 Å². The molecule has 0 N–H and O–H groups in total. The molecule has 0 aliphatic carbocycles. The van der Waals surface area contributed by atoms with Crippen LogP contribution in [0.5, 0.6) is 0 Å². The third-order valence-corrected chi connectivity index (χ3v) is 4.16. The average molecular weight is 309 g/mol. The Bertz CT molecular complexity index is 564. The second-order valence-corrected chi connectivity index (χ2v) is 6.14. The molecular formula is C16H25ClN4. The Hall–Kier alpha value is -1.13. The van der Waals surface area contributed by atoms with Gasteiger partial charge in [-0.25, -0.2) is 4.98 Å². The smallest absolute Gasteiger partial charge is 0.111 e. The van der Waals surface area contributed by atoms with Crippen molar-refractivity contribution in [2.45, 2.75) is 45.7 Å². The van der Waals surface area contributed by atoms with Crippen LogP contribution in [0.15, 0.2) is 18.5 Å². The topological polar surface area (TPSA) is 34.0 Å². The van der Waals surface area contributed by atoms with Crippen LogP contribution in [0.4, 0.5) is 0 Å².